The Balaban J connectivity index is 1.89. The zero-order valence-electron chi connectivity index (χ0n) is 7.66. The van der Waals surface area contributed by atoms with Gasteiger partial charge >= 0.3 is 0 Å². The highest BCUT2D eigenvalue weighted by Gasteiger charge is 2.23. The van der Waals surface area contributed by atoms with Crippen molar-refractivity contribution in [2.24, 2.45) is 0 Å². The van der Waals surface area contributed by atoms with Gasteiger partial charge in [-0.15, -0.1) is 0 Å². The minimum Gasteiger partial charge on any atom is -0.352 e. The third-order valence-corrected chi connectivity index (χ3v) is 2.18. The van der Waals surface area contributed by atoms with Gasteiger partial charge in [0.15, 0.2) is 0 Å². The molecule has 1 aliphatic carbocycles. The SMILES string of the molecule is Cc1nccn1CC(=O)NC1CC1. The van der Waals surface area contributed by atoms with Gasteiger partial charge in [-0.3, -0.25) is 4.79 Å². The molecule has 1 heterocycles. The first-order valence-electron chi connectivity index (χ1n) is 4.53. The zero-order chi connectivity index (χ0) is 9.26. The van der Waals surface area contributed by atoms with Gasteiger partial charge in [-0.25, -0.2) is 4.98 Å². The molecule has 1 fully saturated rings. The maximum atomic E-state index is 11.4. The Bertz CT molecular complexity index is 314. The lowest BCUT2D eigenvalue weighted by molar-refractivity contribution is -0.121. The van der Waals surface area contributed by atoms with Crippen LogP contribution in [0.4, 0.5) is 0 Å². The molecule has 4 heteroatoms. The molecule has 1 aromatic rings. The van der Waals surface area contributed by atoms with Gasteiger partial charge < -0.3 is 9.88 Å². The maximum absolute atomic E-state index is 11.4. The summed E-state index contributed by atoms with van der Waals surface area (Å²) in [7, 11) is 0. The van der Waals surface area contributed by atoms with E-state index in [-0.39, 0.29) is 5.91 Å². The predicted molar refractivity (Wildman–Crippen MR) is 48.1 cm³/mol. The molecular weight excluding hydrogens is 166 g/mol. The van der Waals surface area contributed by atoms with Crippen LogP contribution in [-0.2, 0) is 11.3 Å². The van der Waals surface area contributed by atoms with E-state index in [4.69, 9.17) is 0 Å². The Kier molecular flexibility index (Phi) is 2.04. The van der Waals surface area contributed by atoms with E-state index < -0.39 is 0 Å². The summed E-state index contributed by atoms with van der Waals surface area (Å²) in [5, 5.41) is 2.93. The number of nitrogens with one attached hydrogen (secondary N) is 1. The van der Waals surface area contributed by atoms with Crippen molar-refractivity contribution in [1.29, 1.82) is 0 Å². The van der Waals surface area contributed by atoms with Crippen LogP contribution >= 0.6 is 0 Å². The van der Waals surface area contributed by atoms with E-state index in [0.29, 0.717) is 12.6 Å². The van der Waals surface area contributed by atoms with Crippen molar-refractivity contribution < 1.29 is 4.79 Å². The van der Waals surface area contributed by atoms with Gasteiger partial charge in [-0.05, 0) is 19.8 Å². The number of carbonyl (C=O) groups excluding carboxylic acids is 1. The number of imidazole rings is 1. The van der Waals surface area contributed by atoms with Gasteiger partial charge in [-0.2, -0.15) is 0 Å². The second kappa shape index (κ2) is 3.20. The number of hydrogen-bond donors (Lipinski definition) is 1. The van der Waals surface area contributed by atoms with Crippen LogP contribution in [-0.4, -0.2) is 21.5 Å². The van der Waals surface area contributed by atoms with Crippen LogP contribution in [0.15, 0.2) is 12.4 Å². The number of aryl methyl sites for hydroxylation is 1. The van der Waals surface area contributed by atoms with Gasteiger partial charge in [0.25, 0.3) is 0 Å². The van der Waals surface area contributed by atoms with E-state index in [1.807, 2.05) is 17.7 Å². The van der Waals surface area contributed by atoms with E-state index in [0.717, 1.165) is 18.7 Å². The molecule has 0 saturated heterocycles. The first-order chi connectivity index (χ1) is 6.25. The third-order valence-electron chi connectivity index (χ3n) is 2.18. The highest BCUT2D eigenvalue weighted by atomic mass is 16.2. The number of hydrogen-bond acceptors (Lipinski definition) is 2. The molecule has 1 saturated carbocycles. The van der Waals surface area contributed by atoms with E-state index in [1.54, 1.807) is 6.20 Å². The summed E-state index contributed by atoms with van der Waals surface area (Å²) in [6.45, 7) is 2.28. The largest absolute Gasteiger partial charge is 0.352 e. The molecule has 1 aliphatic rings. The molecule has 1 N–H and O–H groups in total. The quantitative estimate of drug-likeness (QED) is 0.733. The first-order valence-corrected chi connectivity index (χ1v) is 4.53. The second-order valence-electron chi connectivity index (χ2n) is 3.44. The van der Waals surface area contributed by atoms with E-state index in [1.165, 1.54) is 0 Å². The molecule has 1 aromatic heterocycles. The smallest absolute Gasteiger partial charge is 0.240 e. The first kappa shape index (κ1) is 8.29. The van der Waals surface area contributed by atoms with Crippen molar-refractivity contribution in [2.45, 2.75) is 32.4 Å². The van der Waals surface area contributed by atoms with Gasteiger partial charge in [-0.1, -0.05) is 0 Å². The van der Waals surface area contributed by atoms with Crippen LogP contribution < -0.4 is 5.32 Å². The van der Waals surface area contributed by atoms with Crippen molar-refractivity contribution >= 4 is 5.91 Å². The van der Waals surface area contributed by atoms with Crippen LogP contribution in [0.25, 0.3) is 0 Å². The van der Waals surface area contributed by atoms with E-state index in [9.17, 15) is 4.79 Å². The van der Waals surface area contributed by atoms with Crippen molar-refractivity contribution in [3.8, 4) is 0 Å². The van der Waals surface area contributed by atoms with E-state index >= 15 is 0 Å². The van der Waals surface area contributed by atoms with Crippen molar-refractivity contribution in [3.05, 3.63) is 18.2 Å². The molecule has 2 rings (SSSR count). The molecule has 0 atom stereocenters. The van der Waals surface area contributed by atoms with Crippen LogP contribution in [0.1, 0.15) is 18.7 Å². The summed E-state index contributed by atoms with van der Waals surface area (Å²) in [4.78, 5) is 15.4. The molecule has 0 spiro atoms. The highest BCUT2D eigenvalue weighted by Crippen LogP contribution is 2.18. The summed E-state index contributed by atoms with van der Waals surface area (Å²) in [6, 6.07) is 0.441. The fraction of sp³-hybridized carbons (Fsp3) is 0.556. The zero-order valence-corrected chi connectivity index (χ0v) is 7.66. The Morgan fingerprint density at radius 1 is 1.77 bits per heavy atom. The third kappa shape index (κ3) is 2.08. The summed E-state index contributed by atoms with van der Waals surface area (Å²) in [5.41, 5.74) is 0. The van der Waals surface area contributed by atoms with Gasteiger partial charge in [0.1, 0.15) is 12.4 Å². The van der Waals surface area contributed by atoms with Crippen LogP contribution in [0.5, 0.6) is 0 Å². The number of amides is 1. The molecule has 4 nitrogen and oxygen atoms in total. The normalized spacial score (nSPS) is 15.8. The molecule has 0 aromatic carbocycles. The maximum Gasteiger partial charge on any atom is 0.240 e. The molecule has 0 aliphatic heterocycles. The summed E-state index contributed by atoms with van der Waals surface area (Å²) in [6.07, 6.45) is 5.80. The number of aromatic nitrogens is 2. The average Bonchev–Trinajstić information content (AvgIpc) is 2.79. The summed E-state index contributed by atoms with van der Waals surface area (Å²) >= 11 is 0. The van der Waals surface area contributed by atoms with E-state index in [2.05, 4.69) is 10.3 Å². The highest BCUT2D eigenvalue weighted by molar-refractivity contribution is 5.76. The van der Waals surface area contributed by atoms with Gasteiger partial charge in [0.05, 0.1) is 0 Å². The molecule has 0 unspecified atom stereocenters. The molecular formula is C9H13N3O. The van der Waals surface area contributed by atoms with Crippen molar-refractivity contribution in [3.63, 3.8) is 0 Å². The molecule has 1 amide bonds. The standard InChI is InChI=1S/C9H13N3O/c1-7-10-4-5-12(7)6-9(13)11-8-2-3-8/h4-5,8H,2-3,6H2,1H3,(H,11,13). The molecule has 0 radical (unpaired) electrons. The van der Waals surface area contributed by atoms with Crippen molar-refractivity contribution in [2.75, 3.05) is 0 Å². The number of carbonyl (C=O) groups is 1. The van der Waals surface area contributed by atoms with Crippen LogP contribution in [0.2, 0.25) is 0 Å². The Labute approximate surface area is 77.0 Å². The lowest BCUT2D eigenvalue weighted by Gasteiger charge is -2.05. The monoisotopic (exact) mass is 179 g/mol. The fourth-order valence-corrected chi connectivity index (χ4v) is 1.23. The average molecular weight is 179 g/mol. The molecule has 13 heavy (non-hydrogen) atoms. The molecule has 0 bridgehead atoms. The Morgan fingerprint density at radius 3 is 3.08 bits per heavy atom. The fourth-order valence-electron chi connectivity index (χ4n) is 1.23. The summed E-state index contributed by atoms with van der Waals surface area (Å²) in [5.74, 6) is 0.967. The summed E-state index contributed by atoms with van der Waals surface area (Å²) < 4.78 is 1.84. The predicted octanol–water partition coefficient (Wildman–Crippen LogP) is 0.470. The lowest BCUT2D eigenvalue weighted by Crippen LogP contribution is -2.29. The number of rotatable bonds is 3. The van der Waals surface area contributed by atoms with Gasteiger partial charge in [0, 0.05) is 18.4 Å². The van der Waals surface area contributed by atoms with Gasteiger partial charge in [0.2, 0.25) is 5.91 Å². The lowest BCUT2D eigenvalue weighted by atomic mass is 10.5. The second-order valence-corrected chi connectivity index (χ2v) is 3.44. The molecule has 70 valence electrons. The topological polar surface area (TPSA) is 46.9 Å². The van der Waals surface area contributed by atoms with Crippen LogP contribution in [0, 0.1) is 6.92 Å². The van der Waals surface area contributed by atoms with Crippen molar-refractivity contribution in [1.82, 2.24) is 14.9 Å². The number of nitrogens with zero attached hydrogens (tertiary/aromatic N) is 2. The van der Waals surface area contributed by atoms with Crippen LogP contribution in [0.3, 0.4) is 0 Å². The Hall–Kier alpha value is -1.32. The minimum absolute atomic E-state index is 0.0867. The minimum atomic E-state index is 0.0867. The Morgan fingerprint density at radius 2 is 2.54 bits per heavy atom.